The molecule has 1 aliphatic carbocycles. The van der Waals surface area contributed by atoms with E-state index in [1.807, 2.05) is 6.08 Å². The minimum absolute atomic E-state index is 0.354. The first-order chi connectivity index (χ1) is 8.69. The zero-order valence-electron chi connectivity index (χ0n) is 11.2. The number of hydrogen-bond acceptors (Lipinski definition) is 1. The molecule has 0 spiro atoms. The van der Waals surface area contributed by atoms with Gasteiger partial charge in [0.25, 0.3) is 0 Å². The molecule has 1 nitrogen and oxygen atoms in total. The smallest absolute Gasteiger partial charge is 0.00765 e. The third kappa shape index (κ3) is 3.33. The topological polar surface area (TPSA) is 26.0 Å². The fourth-order valence-electron chi connectivity index (χ4n) is 2.59. The highest BCUT2D eigenvalue weighted by molar-refractivity contribution is 5.54. The van der Waals surface area contributed by atoms with E-state index in [0.29, 0.717) is 12.0 Å². The molecule has 0 amide bonds. The second-order valence-electron chi connectivity index (χ2n) is 5.40. The van der Waals surface area contributed by atoms with Crippen molar-refractivity contribution in [3.63, 3.8) is 0 Å². The molecule has 1 fully saturated rings. The summed E-state index contributed by atoms with van der Waals surface area (Å²) in [5.74, 6) is 0.678. The van der Waals surface area contributed by atoms with E-state index in [2.05, 4.69) is 43.8 Å². The van der Waals surface area contributed by atoms with Crippen molar-refractivity contribution in [2.75, 3.05) is 0 Å². The van der Waals surface area contributed by atoms with Crippen molar-refractivity contribution in [1.29, 1.82) is 0 Å². The Bertz CT molecular complexity index is 427. The summed E-state index contributed by atoms with van der Waals surface area (Å²) in [5, 5.41) is 0. The van der Waals surface area contributed by atoms with E-state index in [1.54, 1.807) is 0 Å². The maximum atomic E-state index is 6.05. The lowest BCUT2D eigenvalue weighted by Crippen LogP contribution is -2.27. The zero-order chi connectivity index (χ0) is 13.0. The predicted molar refractivity (Wildman–Crippen MR) is 79.3 cm³/mol. The molecule has 2 atom stereocenters. The summed E-state index contributed by atoms with van der Waals surface area (Å²) in [7, 11) is 0. The van der Waals surface area contributed by atoms with Crippen molar-refractivity contribution in [1.82, 2.24) is 0 Å². The van der Waals surface area contributed by atoms with E-state index in [4.69, 9.17) is 5.73 Å². The van der Waals surface area contributed by atoms with Crippen LogP contribution in [0.15, 0.2) is 42.5 Å². The molecule has 0 radical (unpaired) electrons. The molecule has 0 saturated heterocycles. The maximum Gasteiger partial charge on any atom is 0.00765 e. The minimum atomic E-state index is 0.354. The quantitative estimate of drug-likeness (QED) is 0.797. The Morgan fingerprint density at radius 1 is 1.28 bits per heavy atom. The average molecular weight is 241 g/mol. The third-order valence-corrected chi connectivity index (χ3v) is 3.81. The van der Waals surface area contributed by atoms with Crippen LogP contribution in [-0.4, -0.2) is 6.04 Å². The molecule has 1 saturated carbocycles. The first-order valence-corrected chi connectivity index (χ1v) is 6.85. The van der Waals surface area contributed by atoms with Crippen molar-refractivity contribution in [2.45, 2.75) is 38.6 Å². The average Bonchev–Trinajstić information content (AvgIpc) is 2.37. The van der Waals surface area contributed by atoms with Gasteiger partial charge in [-0.3, -0.25) is 0 Å². The third-order valence-electron chi connectivity index (χ3n) is 3.81. The molecular formula is C17H23N. The Morgan fingerprint density at radius 2 is 2.00 bits per heavy atom. The van der Waals surface area contributed by atoms with Crippen molar-refractivity contribution < 1.29 is 0 Å². The summed E-state index contributed by atoms with van der Waals surface area (Å²) in [6.07, 6.45) is 8.64. The van der Waals surface area contributed by atoms with Crippen LogP contribution in [0.1, 0.15) is 37.3 Å². The molecule has 0 heterocycles. The van der Waals surface area contributed by atoms with E-state index < -0.39 is 0 Å². The molecule has 0 aliphatic heterocycles. The molecule has 2 rings (SSSR count). The SMILES string of the molecule is C=CCc1ccc(C=C2CC(N)CCC2C)cc1. The van der Waals surface area contributed by atoms with Crippen LogP contribution in [0.3, 0.4) is 0 Å². The van der Waals surface area contributed by atoms with Crippen LogP contribution in [0.5, 0.6) is 0 Å². The first kappa shape index (κ1) is 13.1. The summed E-state index contributed by atoms with van der Waals surface area (Å²) in [5.41, 5.74) is 10.2. The Hall–Kier alpha value is -1.34. The number of benzene rings is 1. The van der Waals surface area contributed by atoms with Gasteiger partial charge in [-0.2, -0.15) is 0 Å². The maximum absolute atomic E-state index is 6.05. The molecule has 1 aromatic rings. The first-order valence-electron chi connectivity index (χ1n) is 6.85. The largest absolute Gasteiger partial charge is 0.327 e. The summed E-state index contributed by atoms with van der Waals surface area (Å²) < 4.78 is 0. The van der Waals surface area contributed by atoms with E-state index in [-0.39, 0.29) is 0 Å². The molecule has 0 bridgehead atoms. The highest BCUT2D eigenvalue weighted by atomic mass is 14.6. The van der Waals surface area contributed by atoms with E-state index >= 15 is 0 Å². The Labute approximate surface area is 110 Å². The normalized spacial score (nSPS) is 26.2. The van der Waals surface area contributed by atoms with Crippen molar-refractivity contribution in [3.8, 4) is 0 Å². The summed E-state index contributed by atoms with van der Waals surface area (Å²) in [6.45, 7) is 6.07. The van der Waals surface area contributed by atoms with Crippen molar-refractivity contribution >= 4 is 6.08 Å². The molecule has 96 valence electrons. The van der Waals surface area contributed by atoms with Gasteiger partial charge in [-0.25, -0.2) is 0 Å². The van der Waals surface area contributed by atoms with E-state index in [0.717, 1.165) is 19.3 Å². The van der Waals surface area contributed by atoms with Gasteiger partial charge in [-0.05, 0) is 42.7 Å². The van der Waals surface area contributed by atoms with E-state index in [9.17, 15) is 0 Å². The van der Waals surface area contributed by atoms with E-state index in [1.165, 1.54) is 23.1 Å². The summed E-state index contributed by atoms with van der Waals surface area (Å²) in [4.78, 5) is 0. The number of allylic oxidation sites excluding steroid dienone is 1. The van der Waals surface area contributed by atoms with Crippen LogP contribution >= 0.6 is 0 Å². The van der Waals surface area contributed by atoms with Gasteiger partial charge in [0, 0.05) is 6.04 Å². The van der Waals surface area contributed by atoms with Gasteiger partial charge < -0.3 is 5.73 Å². The monoisotopic (exact) mass is 241 g/mol. The van der Waals surface area contributed by atoms with Gasteiger partial charge >= 0.3 is 0 Å². The second kappa shape index (κ2) is 6.01. The van der Waals surface area contributed by atoms with Crippen LogP contribution in [-0.2, 0) is 6.42 Å². The van der Waals surface area contributed by atoms with Gasteiger partial charge in [-0.1, -0.05) is 48.9 Å². The minimum Gasteiger partial charge on any atom is -0.327 e. The van der Waals surface area contributed by atoms with Crippen LogP contribution in [0, 0.1) is 5.92 Å². The van der Waals surface area contributed by atoms with Gasteiger partial charge in [0.1, 0.15) is 0 Å². The summed E-state index contributed by atoms with van der Waals surface area (Å²) in [6, 6.07) is 9.10. The molecule has 18 heavy (non-hydrogen) atoms. The molecule has 2 unspecified atom stereocenters. The van der Waals surface area contributed by atoms with Crippen molar-refractivity contribution in [3.05, 3.63) is 53.6 Å². The summed E-state index contributed by atoms with van der Waals surface area (Å²) >= 11 is 0. The molecule has 1 aliphatic rings. The Balaban J connectivity index is 2.13. The Morgan fingerprint density at radius 3 is 2.67 bits per heavy atom. The van der Waals surface area contributed by atoms with Gasteiger partial charge in [0.2, 0.25) is 0 Å². The second-order valence-corrected chi connectivity index (χ2v) is 5.40. The van der Waals surface area contributed by atoms with Crippen LogP contribution in [0.4, 0.5) is 0 Å². The van der Waals surface area contributed by atoms with Crippen LogP contribution < -0.4 is 5.73 Å². The number of hydrogen-bond donors (Lipinski definition) is 1. The molecule has 1 aromatic carbocycles. The fourth-order valence-corrected chi connectivity index (χ4v) is 2.59. The fraction of sp³-hybridized carbons (Fsp3) is 0.412. The molecule has 1 heteroatoms. The lowest BCUT2D eigenvalue weighted by Gasteiger charge is -2.26. The molecule has 0 aromatic heterocycles. The highest BCUT2D eigenvalue weighted by Gasteiger charge is 2.19. The van der Waals surface area contributed by atoms with Crippen LogP contribution in [0.25, 0.3) is 6.08 Å². The lowest BCUT2D eigenvalue weighted by molar-refractivity contribution is 0.437. The van der Waals surface area contributed by atoms with Crippen LogP contribution in [0.2, 0.25) is 0 Å². The predicted octanol–water partition coefficient (Wildman–Crippen LogP) is 3.95. The standard InChI is InChI=1S/C17H23N/c1-3-4-14-6-8-15(9-7-14)11-16-12-17(18)10-5-13(16)2/h3,6-9,11,13,17H,1,4-5,10,12,18H2,2H3. The van der Waals surface area contributed by atoms with Gasteiger partial charge in [-0.15, -0.1) is 6.58 Å². The highest BCUT2D eigenvalue weighted by Crippen LogP contribution is 2.30. The lowest BCUT2D eigenvalue weighted by atomic mass is 9.82. The van der Waals surface area contributed by atoms with Gasteiger partial charge in [0.05, 0.1) is 0 Å². The molecule has 2 N–H and O–H groups in total. The zero-order valence-corrected chi connectivity index (χ0v) is 11.2. The number of nitrogens with two attached hydrogens (primary N) is 1. The van der Waals surface area contributed by atoms with Gasteiger partial charge in [0.15, 0.2) is 0 Å². The Kier molecular flexibility index (Phi) is 4.38. The van der Waals surface area contributed by atoms with Crippen molar-refractivity contribution in [2.24, 2.45) is 11.7 Å². The number of rotatable bonds is 3. The molecular weight excluding hydrogens is 218 g/mol.